The molecule has 236 valence electrons. The normalized spacial score (nSPS) is 13.3. The molecule has 1 aliphatic carbocycles. The predicted octanol–water partition coefficient (Wildman–Crippen LogP) is 14.4. The van der Waals surface area contributed by atoms with Crippen molar-refractivity contribution in [2.24, 2.45) is 0 Å². The molecule has 50 heavy (non-hydrogen) atoms. The summed E-state index contributed by atoms with van der Waals surface area (Å²) >= 11 is 1.90. The van der Waals surface area contributed by atoms with Gasteiger partial charge in [-0.3, -0.25) is 0 Å². The van der Waals surface area contributed by atoms with Gasteiger partial charge >= 0.3 is 0 Å². The summed E-state index contributed by atoms with van der Waals surface area (Å²) in [6.07, 6.45) is 3.90. The van der Waals surface area contributed by atoms with Crippen LogP contribution in [-0.4, -0.2) is 0 Å². The lowest BCUT2D eigenvalue weighted by Crippen LogP contribution is -2.15. The van der Waals surface area contributed by atoms with Crippen LogP contribution in [-0.2, 0) is 5.41 Å². The number of fused-ring (bicyclic) bond motifs is 11. The van der Waals surface area contributed by atoms with E-state index in [1.54, 1.807) is 0 Å². The molecule has 0 nitrogen and oxygen atoms in total. The van der Waals surface area contributed by atoms with Crippen LogP contribution < -0.4 is 0 Å². The molecule has 10 rings (SSSR count). The van der Waals surface area contributed by atoms with Gasteiger partial charge in [-0.2, -0.15) is 0 Å². The SMILES string of the molecule is C=Cc1cccc(-c2c3ccccc3c(-c3ccc4c(c3)C(C)(C)c3ccc5ccc6sc7ccccc7c6c5c3-4)c3ccccc23)c1C=C. The van der Waals surface area contributed by atoms with Crippen LogP contribution in [0.2, 0.25) is 0 Å². The van der Waals surface area contributed by atoms with Crippen LogP contribution in [0, 0.1) is 0 Å². The Hall–Kier alpha value is -5.76. The molecule has 0 bridgehead atoms. The first-order chi connectivity index (χ1) is 24.5. The van der Waals surface area contributed by atoms with E-state index < -0.39 is 0 Å². The molecule has 1 aromatic heterocycles. The van der Waals surface area contributed by atoms with Crippen LogP contribution in [0.25, 0.3) is 98.0 Å². The molecule has 9 aromatic rings. The van der Waals surface area contributed by atoms with Crippen LogP contribution in [0.1, 0.15) is 36.1 Å². The number of thiophene rings is 1. The van der Waals surface area contributed by atoms with Crippen molar-refractivity contribution in [2.45, 2.75) is 19.3 Å². The molecule has 8 aromatic carbocycles. The first kappa shape index (κ1) is 29.2. The molecule has 0 spiro atoms. The molecule has 0 unspecified atom stereocenters. The Labute approximate surface area is 296 Å². The van der Waals surface area contributed by atoms with Crippen LogP contribution in [0.4, 0.5) is 0 Å². The third kappa shape index (κ3) is 3.87. The summed E-state index contributed by atoms with van der Waals surface area (Å²) in [5.41, 5.74) is 12.6. The lowest BCUT2D eigenvalue weighted by molar-refractivity contribution is 0.661. The van der Waals surface area contributed by atoms with Crippen molar-refractivity contribution in [3.8, 4) is 33.4 Å². The van der Waals surface area contributed by atoms with E-state index in [0.29, 0.717) is 0 Å². The van der Waals surface area contributed by atoms with Gasteiger partial charge < -0.3 is 0 Å². The molecular formula is C49H34S. The zero-order valence-electron chi connectivity index (χ0n) is 28.2. The van der Waals surface area contributed by atoms with Gasteiger partial charge in [0.2, 0.25) is 0 Å². The molecule has 0 aliphatic heterocycles. The number of benzene rings is 8. The molecule has 0 amide bonds. The minimum absolute atomic E-state index is 0.154. The summed E-state index contributed by atoms with van der Waals surface area (Å²) in [5.74, 6) is 0. The van der Waals surface area contributed by atoms with E-state index in [-0.39, 0.29) is 5.41 Å². The summed E-state index contributed by atoms with van der Waals surface area (Å²) < 4.78 is 2.70. The van der Waals surface area contributed by atoms with E-state index in [9.17, 15) is 0 Å². The van der Waals surface area contributed by atoms with E-state index in [1.807, 2.05) is 23.5 Å². The zero-order chi connectivity index (χ0) is 33.7. The molecule has 1 aliphatic rings. The van der Waals surface area contributed by atoms with Gasteiger partial charge in [0, 0.05) is 25.6 Å². The Morgan fingerprint density at radius 3 is 1.86 bits per heavy atom. The van der Waals surface area contributed by atoms with Gasteiger partial charge in [0.05, 0.1) is 0 Å². The highest BCUT2D eigenvalue weighted by molar-refractivity contribution is 7.26. The topological polar surface area (TPSA) is 0 Å². The van der Waals surface area contributed by atoms with E-state index in [2.05, 4.69) is 160 Å². The van der Waals surface area contributed by atoms with E-state index in [1.165, 1.54) is 97.0 Å². The van der Waals surface area contributed by atoms with Crippen molar-refractivity contribution >= 4 is 76.0 Å². The summed E-state index contributed by atoms with van der Waals surface area (Å²) in [6.45, 7) is 13.1. The van der Waals surface area contributed by atoms with Gasteiger partial charge in [0.1, 0.15) is 0 Å². The van der Waals surface area contributed by atoms with Crippen molar-refractivity contribution in [1.29, 1.82) is 0 Å². The largest absolute Gasteiger partial charge is 0.135 e. The quantitative estimate of drug-likeness (QED) is 0.166. The minimum atomic E-state index is -0.154. The second-order valence-corrected chi connectivity index (χ2v) is 15.2. The van der Waals surface area contributed by atoms with Crippen LogP contribution in [0.5, 0.6) is 0 Å². The van der Waals surface area contributed by atoms with Crippen LogP contribution in [0.15, 0.2) is 147 Å². The number of hydrogen-bond acceptors (Lipinski definition) is 1. The molecular weight excluding hydrogens is 621 g/mol. The fourth-order valence-corrected chi connectivity index (χ4v) is 10.1. The van der Waals surface area contributed by atoms with Gasteiger partial charge in [-0.05, 0) is 106 Å². The van der Waals surface area contributed by atoms with Gasteiger partial charge in [-0.1, -0.05) is 154 Å². The average molecular weight is 655 g/mol. The second kappa shape index (κ2) is 10.6. The van der Waals surface area contributed by atoms with Gasteiger partial charge in [-0.25, -0.2) is 0 Å². The fraction of sp³-hybridized carbons (Fsp3) is 0.0612. The second-order valence-electron chi connectivity index (χ2n) is 14.1. The van der Waals surface area contributed by atoms with Crippen LogP contribution in [0.3, 0.4) is 0 Å². The average Bonchev–Trinajstić information content (AvgIpc) is 3.65. The highest BCUT2D eigenvalue weighted by Gasteiger charge is 2.37. The van der Waals surface area contributed by atoms with E-state index in [4.69, 9.17) is 0 Å². The van der Waals surface area contributed by atoms with Crippen molar-refractivity contribution < 1.29 is 0 Å². The van der Waals surface area contributed by atoms with Crippen LogP contribution >= 0.6 is 11.3 Å². The smallest absolute Gasteiger partial charge is 0.0362 e. The Balaban J connectivity index is 1.27. The fourth-order valence-electron chi connectivity index (χ4n) is 8.95. The first-order valence-electron chi connectivity index (χ1n) is 17.3. The molecule has 0 atom stereocenters. The van der Waals surface area contributed by atoms with E-state index >= 15 is 0 Å². The highest BCUT2D eigenvalue weighted by atomic mass is 32.1. The molecule has 0 fully saturated rings. The Morgan fingerprint density at radius 2 is 1.16 bits per heavy atom. The van der Waals surface area contributed by atoms with Gasteiger partial charge in [0.15, 0.2) is 0 Å². The summed E-state index contributed by atoms with van der Waals surface area (Å²) in [7, 11) is 0. The highest BCUT2D eigenvalue weighted by Crippen LogP contribution is 2.55. The van der Waals surface area contributed by atoms with Crippen molar-refractivity contribution in [2.75, 3.05) is 0 Å². The third-order valence-electron chi connectivity index (χ3n) is 11.2. The molecule has 1 heteroatoms. The summed E-state index contributed by atoms with van der Waals surface area (Å²) in [4.78, 5) is 0. The predicted molar refractivity (Wildman–Crippen MR) is 220 cm³/mol. The van der Waals surface area contributed by atoms with Crippen molar-refractivity contribution in [3.05, 3.63) is 169 Å². The standard InChI is InChI=1S/C49H34S/c1-5-29-14-13-20-33(32(29)6-2)46-36-17-9-7-15-34(36)44(35-16-8-10-18-37(35)46)31-22-25-38-41(28-31)49(3,4)40-26-23-30-24-27-43-48(45(30)47(38)40)39-19-11-12-21-42(39)50-43/h5-28H,1-2H2,3-4H3. The monoisotopic (exact) mass is 654 g/mol. The Morgan fingerprint density at radius 1 is 0.500 bits per heavy atom. The van der Waals surface area contributed by atoms with Gasteiger partial charge in [-0.15, -0.1) is 11.3 Å². The molecule has 0 N–H and O–H groups in total. The maximum absolute atomic E-state index is 4.22. The molecule has 0 saturated carbocycles. The summed E-state index contributed by atoms with van der Waals surface area (Å²) in [6, 6.07) is 49.8. The van der Waals surface area contributed by atoms with E-state index in [0.717, 1.165) is 11.1 Å². The minimum Gasteiger partial charge on any atom is -0.135 e. The Bertz CT molecular complexity index is 2870. The maximum atomic E-state index is 4.22. The first-order valence-corrected chi connectivity index (χ1v) is 18.2. The van der Waals surface area contributed by atoms with Crippen molar-refractivity contribution in [1.82, 2.24) is 0 Å². The third-order valence-corrected chi connectivity index (χ3v) is 12.3. The number of hydrogen-bond donors (Lipinski definition) is 0. The lowest BCUT2D eigenvalue weighted by atomic mass is 9.80. The number of rotatable bonds is 4. The molecule has 0 radical (unpaired) electrons. The summed E-state index contributed by atoms with van der Waals surface area (Å²) in [5, 5.41) is 10.4. The lowest BCUT2D eigenvalue weighted by Gasteiger charge is -2.23. The molecule has 0 saturated heterocycles. The van der Waals surface area contributed by atoms with Gasteiger partial charge in [0.25, 0.3) is 0 Å². The maximum Gasteiger partial charge on any atom is 0.0362 e. The Kier molecular flexibility index (Phi) is 6.20. The van der Waals surface area contributed by atoms with Crippen molar-refractivity contribution in [3.63, 3.8) is 0 Å². The molecule has 1 heterocycles. The zero-order valence-corrected chi connectivity index (χ0v) is 29.0.